The zero-order chi connectivity index (χ0) is 19.0. The summed E-state index contributed by atoms with van der Waals surface area (Å²) >= 11 is -3.73. The van der Waals surface area contributed by atoms with Crippen molar-refractivity contribution in [3.8, 4) is 29.6 Å². The maximum atomic E-state index is 12.8. The van der Waals surface area contributed by atoms with Crippen molar-refractivity contribution in [2.75, 3.05) is 0 Å². The molecule has 0 amide bonds. The topological polar surface area (TPSA) is 0 Å². The Morgan fingerprint density at radius 3 is 1.32 bits per heavy atom. The number of hydrogen-bond donors (Lipinski definition) is 0. The van der Waals surface area contributed by atoms with Gasteiger partial charge in [-0.1, -0.05) is 0 Å². The van der Waals surface area contributed by atoms with Gasteiger partial charge >= 0.3 is 157 Å². The van der Waals surface area contributed by atoms with Crippen LogP contribution in [0, 0.1) is 29.6 Å². The summed E-state index contributed by atoms with van der Waals surface area (Å²) in [6.45, 7) is 6.24. The van der Waals surface area contributed by atoms with E-state index in [1.807, 2.05) is 0 Å². The van der Waals surface area contributed by atoms with E-state index >= 15 is 0 Å². The van der Waals surface area contributed by atoms with Gasteiger partial charge in [0, 0.05) is 0 Å². The van der Waals surface area contributed by atoms with E-state index in [1.54, 1.807) is 0 Å². The Hall–Kier alpha value is -0.731. The molecule has 0 atom stereocenters. The summed E-state index contributed by atoms with van der Waals surface area (Å²) < 4.78 is 48.1. The Bertz CT molecular complexity index is 465. The van der Waals surface area contributed by atoms with Crippen molar-refractivity contribution in [1.29, 1.82) is 0 Å². The third-order valence-electron chi connectivity index (χ3n) is 3.65. The van der Waals surface area contributed by atoms with E-state index in [0.717, 1.165) is 57.8 Å². The number of hydrogen-bond acceptors (Lipinski definition) is 0. The van der Waals surface area contributed by atoms with Crippen molar-refractivity contribution in [3.63, 3.8) is 0 Å². The average molecular weight is 459 g/mol. The fourth-order valence-corrected chi connectivity index (χ4v) is 9.19. The molecule has 0 aromatic carbocycles. The summed E-state index contributed by atoms with van der Waals surface area (Å²) in [5.41, 5.74) is 0. The molecule has 0 aliphatic heterocycles. The van der Waals surface area contributed by atoms with Crippen LogP contribution >= 0.6 is 0 Å². The summed E-state index contributed by atoms with van der Waals surface area (Å²) in [5, 5.41) is 0. The first-order chi connectivity index (χ1) is 11.9. The molecule has 0 saturated carbocycles. The van der Waals surface area contributed by atoms with Gasteiger partial charge < -0.3 is 0 Å². The predicted octanol–water partition coefficient (Wildman–Crippen LogP) is 6.59. The molecule has 0 spiro atoms. The number of halogens is 3. The maximum absolute atomic E-state index is 12.8. The predicted molar refractivity (Wildman–Crippen MR) is 103 cm³/mol. The molecule has 0 saturated heterocycles. The quantitative estimate of drug-likeness (QED) is 0.219. The summed E-state index contributed by atoms with van der Waals surface area (Å²) in [6.07, 6.45) is 3.23. The van der Waals surface area contributed by atoms with Gasteiger partial charge in [0.2, 0.25) is 0 Å². The van der Waals surface area contributed by atoms with Crippen molar-refractivity contribution in [2.45, 2.75) is 95.6 Å². The van der Waals surface area contributed by atoms with Gasteiger partial charge in [-0.3, -0.25) is 0 Å². The Morgan fingerprint density at radius 2 is 1.04 bits per heavy atom. The Labute approximate surface area is 156 Å². The molecule has 0 fully saturated rings. The summed E-state index contributed by atoms with van der Waals surface area (Å²) in [7, 11) is 0. The third kappa shape index (κ3) is 14.2. The van der Waals surface area contributed by atoms with Crippen molar-refractivity contribution >= 4 is 18.4 Å². The van der Waals surface area contributed by atoms with E-state index in [4.69, 9.17) is 0 Å². The standard InChI is InChI=1S/3C6H9.C3H4F3.Sn/c3*1-3-5-6-4-2;1-2-3(4,5)6;/h3*3,5-6H2,1H3;1-2H2;. The zero-order valence-electron chi connectivity index (χ0n) is 15.9. The minimum absolute atomic E-state index is 0.0373. The molecule has 0 bridgehead atoms. The van der Waals surface area contributed by atoms with Crippen LogP contribution in [0.25, 0.3) is 0 Å². The molecule has 0 unspecified atom stereocenters. The second-order valence-corrected chi connectivity index (χ2v) is 15.0. The number of rotatable bonds is 8. The van der Waals surface area contributed by atoms with Crippen LogP contribution in [0.5, 0.6) is 0 Å². The second kappa shape index (κ2) is 14.4. The SMILES string of the molecule is CCCCC#[C][Sn]([C]#CCCCC)([C]#CCCCC)[CH2]CC(F)(F)F. The minimum atomic E-state index is -4.16. The average Bonchev–Trinajstić information content (AvgIpc) is 2.57. The molecule has 0 nitrogen and oxygen atoms in total. The molecule has 0 N–H and O–H groups in total. The van der Waals surface area contributed by atoms with Crippen LogP contribution in [-0.4, -0.2) is 24.6 Å². The molecule has 0 radical (unpaired) electrons. The van der Waals surface area contributed by atoms with Gasteiger partial charge in [-0.25, -0.2) is 0 Å². The van der Waals surface area contributed by atoms with Crippen molar-refractivity contribution in [1.82, 2.24) is 0 Å². The zero-order valence-corrected chi connectivity index (χ0v) is 18.8. The van der Waals surface area contributed by atoms with E-state index in [9.17, 15) is 13.2 Å². The number of unbranched alkanes of at least 4 members (excludes halogenated alkanes) is 6. The van der Waals surface area contributed by atoms with Crippen LogP contribution in [0.3, 0.4) is 0 Å². The van der Waals surface area contributed by atoms with Crippen LogP contribution < -0.4 is 0 Å². The van der Waals surface area contributed by atoms with Crippen molar-refractivity contribution < 1.29 is 13.2 Å². The molecule has 0 aromatic heterocycles. The van der Waals surface area contributed by atoms with Crippen molar-refractivity contribution in [2.24, 2.45) is 0 Å². The van der Waals surface area contributed by atoms with Gasteiger partial charge in [0.05, 0.1) is 0 Å². The van der Waals surface area contributed by atoms with Gasteiger partial charge in [0.1, 0.15) is 0 Å². The fraction of sp³-hybridized carbons (Fsp3) is 0.714. The van der Waals surface area contributed by atoms with Crippen LogP contribution in [0.15, 0.2) is 0 Å². The van der Waals surface area contributed by atoms with Crippen LogP contribution in [0.4, 0.5) is 13.2 Å². The van der Waals surface area contributed by atoms with Gasteiger partial charge in [-0.2, -0.15) is 0 Å². The molecule has 4 heteroatoms. The van der Waals surface area contributed by atoms with Gasteiger partial charge in [-0.15, -0.1) is 0 Å². The van der Waals surface area contributed by atoms with E-state index in [0.29, 0.717) is 0 Å². The second-order valence-electron chi connectivity index (χ2n) is 6.24. The molecular weight excluding hydrogens is 428 g/mol. The van der Waals surface area contributed by atoms with E-state index in [-0.39, 0.29) is 4.44 Å². The Kier molecular flexibility index (Phi) is 14.0. The molecule has 0 rings (SSSR count). The molecule has 0 heterocycles. The number of alkyl halides is 3. The van der Waals surface area contributed by atoms with Gasteiger partial charge in [0.25, 0.3) is 0 Å². The van der Waals surface area contributed by atoms with Crippen molar-refractivity contribution in [3.05, 3.63) is 0 Å². The Balaban J connectivity index is 5.49. The summed E-state index contributed by atoms with van der Waals surface area (Å²) in [6, 6.07) is 0. The normalized spacial score (nSPS) is 10.8. The molecule has 25 heavy (non-hydrogen) atoms. The molecule has 0 aromatic rings. The molecule has 0 aliphatic carbocycles. The first kappa shape index (κ1) is 24.3. The van der Waals surface area contributed by atoms with Gasteiger partial charge in [-0.05, 0) is 0 Å². The summed E-state index contributed by atoms with van der Waals surface area (Å²) in [4.78, 5) is 0. The van der Waals surface area contributed by atoms with Crippen LogP contribution in [-0.2, 0) is 0 Å². The summed E-state index contributed by atoms with van der Waals surface area (Å²) in [5.74, 6) is 9.35. The molecular formula is C21H31F3Sn. The first-order valence-corrected chi connectivity index (χ1v) is 15.8. The third-order valence-corrected chi connectivity index (χ3v) is 11.7. The fourth-order valence-electron chi connectivity index (χ4n) is 2.05. The van der Waals surface area contributed by atoms with Crippen LogP contribution in [0.2, 0.25) is 4.44 Å². The monoisotopic (exact) mass is 460 g/mol. The van der Waals surface area contributed by atoms with Gasteiger partial charge in [0.15, 0.2) is 0 Å². The molecule has 140 valence electrons. The van der Waals surface area contributed by atoms with E-state index in [2.05, 4.69) is 50.3 Å². The van der Waals surface area contributed by atoms with E-state index in [1.165, 1.54) is 0 Å². The van der Waals surface area contributed by atoms with E-state index < -0.39 is 31.0 Å². The Morgan fingerprint density at radius 1 is 0.680 bits per heavy atom. The molecule has 0 aliphatic rings. The van der Waals surface area contributed by atoms with Crippen LogP contribution in [0.1, 0.15) is 85.0 Å². The first-order valence-electron chi connectivity index (χ1n) is 9.46.